The van der Waals surface area contributed by atoms with Gasteiger partial charge in [0.15, 0.2) is 6.61 Å². The molecule has 28 heavy (non-hydrogen) atoms. The van der Waals surface area contributed by atoms with Gasteiger partial charge in [0.25, 0.3) is 5.91 Å². The molecular weight excluding hydrogens is 407 g/mol. The van der Waals surface area contributed by atoms with Crippen LogP contribution in [0.4, 0.5) is 4.39 Å². The summed E-state index contributed by atoms with van der Waals surface area (Å²) in [6, 6.07) is 4.04. The van der Waals surface area contributed by atoms with Gasteiger partial charge in [0, 0.05) is 35.8 Å². The highest BCUT2D eigenvalue weighted by Crippen LogP contribution is 2.60. The maximum Gasteiger partial charge on any atom is 0.258 e. The lowest BCUT2D eigenvalue weighted by Gasteiger charge is -2.70. The topological polar surface area (TPSA) is 76.7 Å². The van der Waals surface area contributed by atoms with Crippen molar-refractivity contribution in [3.8, 4) is 5.75 Å². The molecule has 2 amide bonds. The number of carbonyl (C=O) groups excluding carboxylic acids is 2. The maximum absolute atomic E-state index is 13.4. The third-order valence-electron chi connectivity index (χ3n) is 5.75. The van der Waals surface area contributed by atoms with Gasteiger partial charge >= 0.3 is 0 Å². The van der Waals surface area contributed by atoms with Crippen LogP contribution in [0.3, 0.4) is 0 Å². The molecule has 1 aromatic rings. The maximum atomic E-state index is 13.4. The summed E-state index contributed by atoms with van der Waals surface area (Å²) in [5.74, 6) is 0.965. The number of ether oxygens (including phenoxy) is 2. The number of methoxy groups -OCH3 is 1. The SMILES string of the molecule is COC1CSCC1C(=O)NC12CC(NC(=O)COc3ccc(Cl)c(F)c3)(C1)C2. The monoisotopic (exact) mass is 428 g/mol. The number of halogens is 2. The summed E-state index contributed by atoms with van der Waals surface area (Å²) in [5, 5.41) is 6.15. The van der Waals surface area contributed by atoms with Gasteiger partial charge in [-0.25, -0.2) is 4.39 Å². The van der Waals surface area contributed by atoms with Crippen LogP contribution in [0.2, 0.25) is 5.02 Å². The molecule has 9 heteroatoms. The highest BCUT2D eigenvalue weighted by molar-refractivity contribution is 7.99. The fourth-order valence-electron chi connectivity index (χ4n) is 4.47. The fraction of sp³-hybridized carbons (Fsp3) is 0.579. The number of benzene rings is 1. The second-order valence-electron chi connectivity index (χ2n) is 7.91. The lowest BCUT2D eigenvalue weighted by Crippen LogP contribution is -2.84. The average Bonchev–Trinajstić information content (AvgIpc) is 3.08. The first-order valence-electron chi connectivity index (χ1n) is 9.15. The van der Waals surface area contributed by atoms with Crippen molar-refractivity contribution in [2.45, 2.75) is 36.4 Å². The van der Waals surface area contributed by atoms with Crippen LogP contribution in [0.15, 0.2) is 18.2 Å². The van der Waals surface area contributed by atoms with Crippen LogP contribution in [0, 0.1) is 11.7 Å². The molecule has 1 saturated heterocycles. The highest BCUT2D eigenvalue weighted by Gasteiger charge is 2.69. The van der Waals surface area contributed by atoms with Crippen molar-refractivity contribution in [1.29, 1.82) is 0 Å². The Morgan fingerprint density at radius 2 is 1.96 bits per heavy atom. The van der Waals surface area contributed by atoms with Crippen LogP contribution in [-0.2, 0) is 14.3 Å². The van der Waals surface area contributed by atoms with E-state index in [0.717, 1.165) is 36.8 Å². The van der Waals surface area contributed by atoms with E-state index in [1.165, 1.54) is 12.1 Å². The summed E-state index contributed by atoms with van der Waals surface area (Å²) >= 11 is 7.35. The predicted octanol–water partition coefficient (Wildman–Crippen LogP) is 2.14. The van der Waals surface area contributed by atoms with E-state index in [2.05, 4.69) is 10.6 Å². The molecule has 1 heterocycles. The summed E-state index contributed by atoms with van der Waals surface area (Å²) in [6.07, 6.45) is 2.15. The number of hydrogen-bond acceptors (Lipinski definition) is 5. The molecule has 1 aromatic carbocycles. The number of thioether (sulfide) groups is 1. The molecule has 1 aliphatic heterocycles. The lowest BCUT2D eigenvalue weighted by molar-refractivity contribution is -0.153. The molecule has 0 spiro atoms. The van der Waals surface area contributed by atoms with Gasteiger partial charge in [0.05, 0.1) is 17.0 Å². The minimum atomic E-state index is -0.590. The molecule has 2 unspecified atom stereocenters. The molecule has 3 saturated carbocycles. The van der Waals surface area contributed by atoms with Gasteiger partial charge in [-0.2, -0.15) is 11.8 Å². The fourth-order valence-corrected chi connectivity index (χ4v) is 5.94. The first-order chi connectivity index (χ1) is 13.3. The van der Waals surface area contributed by atoms with Crippen molar-refractivity contribution >= 4 is 35.2 Å². The molecule has 4 fully saturated rings. The van der Waals surface area contributed by atoms with E-state index in [1.54, 1.807) is 18.9 Å². The normalized spacial score (nSPS) is 32.8. The minimum absolute atomic E-state index is 0.00558. The van der Waals surface area contributed by atoms with Crippen LogP contribution in [0.5, 0.6) is 5.75 Å². The molecule has 3 aliphatic carbocycles. The minimum Gasteiger partial charge on any atom is -0.484 e. The zero-order valence-corrected chi connectivity index (χ0v) is 17.0. The van der Waals surface area contributed by atoms with Crippen molar-refractivity contribution in [2.75, 3.05) is 25.2 Å². The standard InChI is InChI=1S/C19H22ClFN2O4S/c1-26-15-7-28-6-12(15)17(25)23-19-8-18(9-19,10-19)22-16(24)5-27-11-2-3-13(20)14(21)4-11/h2-4,12,15H,5-10H2,1H3,(H,22,24)(H,23,25). The van der Waals surface area contributed by atoms with E-state index in [1.807, 2.05) is 0 Å². The van der Waals surface area contributed by atoms with E-state index in [0.29, 0.717) is 0 Å². The zero-order valence-electron chi connectivity index (χ0n) is 15.4. The highest BCUT2D eigenvalue weighted by atomic mass is 35.5. The van der Waals surface area contributed by atoms with Crippen LogP contribution >= 0.6 is 23.4 Å². The Balaban J connectivity index is 1.21. The van der Waals surface area contributed by atoms with E-state index in [9.17, 15) is 14.0 Å². The number of rotatable bonds is 7. The number of nitrogens with one attached hydrogen (secondary N) is 2. The number of carbonyl (C=O) groups is 2. The van der Waals surface area contributed by atoms with E-state index in [-0.39, 0.29) is 52.3 Å². The zero-order chi connectivity index (χ0) is 19.9. The molecule has 5 rings (SSSR count). The Bertz CT molecular complexity index is 788. The van der Waals surface area contributed by atoms with Gasteiger partial charge in [0.1, 0.15) is 11.6 Å². The third-order valence-corrected chi connectivity index (χ3v) is 7.22. The predicted molar refractivity (Wildman–Crippen MR) is 104 cm³/mol. The van der Waals surface area contributed by atoms with Crippen molar-refractivity contribution in [3.05, 3.63) is 29.0 Å². The van der Waals surface area contributed by atoms with Gasteiger partial charge in [-0.15, -0.1) is 0 Å². The third kappa shape index (κ3) is 3.69. The van der Waals surface area contributed by atoms with E-state index >= 15 is 0 Å². The molecule has 0 aromatic heterocycles. The molecule has 0 radical (unpaired) electrons. The Morgan fingerprint density at radius 3 is 2.64 bits per heavy atom. The van der Waals surface area contributed by atoms with Gasteiger partial charge in [-0.1, -0.05) is 11.6 Å². The van der Waals surface area contributed by atoms with Crippen molar-refractivity contribution in [2.24, 2.45) is 5.92 Å². The number of amides is 2. The van der Waals surface area contributed by atoms with E-state index < -0.39 is 5.82 Å². The lowest BCUT2D eigenvalue weighted by atomic mass is 9.44. The quantitative estimate of drug-likeness (QED) is 0.696. The molecule has 152 valence electrons. The Morgan fingerprint density at radius 1 is 1.25 bits per heavy atom. The average molecular weight is 429 g/mol. The van der Waals surface area contributed by atoms with Crippen LogP contribution in [0.1, 0.15) is 19.3 Å². The van der Waals surface area contributed by atoms with Crippen molar-refractivity contribution < 1.29 is 23.5 Å². The van der Waals surface area contributed by atoms with Gasteiger partial charge < -0.3 is 20.1 Å². The molecule has 2 bridgehead atoms. The smallest absolute Gasteiger partial charge is 0.258 e. The Hall–Kier alpha value is -1.51. The number of hydrogen-bond donors (Lipinski definition) is 2. The summed E-state index contributed by atoms with van der Waals surface area (Å²) in [4.78, 5) is 24.7. The van der Waals surface area contributed by atoms with Crippen molar-refractivity contribution in [3.63, 3.8) is 0 Å². The molecule has 4 aliphatic rings. The largest absolute Gasteiger partial charge is 0.484 e. The van der Waals surface area contributed by atoms with Gasteiger partial charge in [-0.3, -0.25) is 9.59 Å². The summed E-state index contributed by atoms with van der Waals surface area (Å²) in [5.41, 5.74) is -0.458. The molecule has 6 nitrogen and oxygen atoms in total. The Labute approximate surface area is 171 Å². The van der Waals surface area contributed by atoms with E-state index in [4.69, 9.17) is 21.1 Å². The van der Waals surface area contributed by atoms with Crippen molar-refractivity contribution in [1.82, 2.24) is 10.6 Å². The molecule has 2 atom stereocenters. The first-order valence-corrected chi connectivity index (χ1v) is 10.7. The van der Waals surface area contributed by atoms with Gasteiger partial charge in [-0.05, 0) is 31.4 Å². The van der Waals surface area contributed by atoms with Crippen LogP contribution < -0.4 is 15.4 Å². The first kappa shape index (κ1) is 19.8. The van der Waals surface area contributed by atoms with Gasteiger partial charge in [0.2, 0.25) is 5.91 Å². The van der Waals surface area contributed by atoms with Crippen LogP contribution in [-0.4, -0.2) is 54.2 Å². The molecule has 2 N–H and O–H groups in total. The Kier molecular flexibility index (Phi) is 5.22. The summed E-state index contributed by atoms with van der Waals surface area (Å²) in [7, 11) is 1.64. The second kappa shape index (κ2) is 7.39. The summed E-state index contributed by atoms with van der Waals surface area (Å²) in [6.45, 7) is -0.197. The summed E-state index contributed by atoms with van der Waals surface area (Å²) < 4.78 is 24.1. The second-order valence-corrected chi connectivity index (χ2v) is 9.39. The molecular formula is C19H22ClFN2O4S. The van der Waals surface area contributed by atoms with Crippen LogP contribution in [0.25, 0.3) is 0 Å².